The second kappa shape index (κ2) is 4.39. The Morgan fingerprint density at radius 2 is 2.33 bits per heavy atom. The molecule has 3 N–H and O–H groups in total. The van der Waals surface area contributed by atoms with Gasteiger partial charge in [0.1, 0.15) is 11.2 Å². The van der Waals surface area contributed by atoms with Crippen LogP contribution in [0.5, 0.6) is 0 Å². The first-order chi connectivity index (χ1) is 10.3. The molecule has 0 radical (unpaired) electrons. The first-order valence-electron chi connectivity index (χ1n) is 6.62. The molecule has 2 aromatic rings. The summed E-state index contributed by atoms with van der Waals surface area (Å²) >= 11 is 0. The molecular weight excluding hydrogens is 268 g/mol. The van der Waals surface area contributed by atoms with Crippen molar-refractivity contribution >= 4 is 16.8 Å². The number of rotatable bonds is 4. The quantitative estimate of drug-likeness (QED) is 0.527. The standard InChI is InChI=1S/C15H12N4O2/c20-7-12(8-2-1-3-16-6-8)17-15(21)14-11-5-9-4-10(9)13(11)18-19-14/h1-6,12,20H,7H2,(H,17,21)(H,18,19). The van der Waals surface area contributed by atoms with Crippen molar-refractivity contribution in [2.45, 2.75) is 6.04 Å². The molecule has 0 aliphatic heterocycles. The summed E-state index contributed by atoms with van der Waals surface area (Å²) in [6.45, 7) is -0.194. The van der Waals surface area contributed by atoms with Gasteiger partial charge < -0.3 is 10.4 Å². The van der Waals surface area contributed by atoms with Gasteiger partial charge in [0.25, 0.3) is 5.91 Å². The lowest BCUT2D eigenvalue weighted by molar-refractivity contribution is 0.0912. The minimum atomic E-state index is -0.493. The molecule has 2 aliphatic rings. The summed E-state index contributed by atoms with van der Waals surface area (Å²) in [7, 11) is 0. The molecule has 1 amide bonds. The maximum atomic E-state index is 12.4. The Labute approximate surface area is 119 Å². The molecule has 0 aromatic carbocycles. The second-order valence-electron chi connectivity index (χ2n) is 5.01. The Morgan fingerprint density at radius 1 is 1.43 bits per heavy atom. The number of benzene rings is 1. The molecule has 0 saturated heterocycles. The highest BCUT2D eigenvalue weighted by molar-refractivity contribution is 6.14. The molecule has 4 rings (SSSR count). The van der Waals surface area contributed by atoms with Gasteiger partial charge in [-0.1, -0.05) is 6.07 Å². The molecule has 0 saturated carbocycles. The van der Waals surface area contributed by atoms with Crippen molar-refractivity contribution in [2.24, 2.45) is 0 Å². The van der Waals surface area contributed by atoms with Crippen molar-refractivity contribution in [1.82, 2.24) is 20.5 Å². The van der Waals surface area contributed by atoms with Crippen LogP contribution in [0.2, 0.25) is 0 Å². The molecule has 21 heavy (non-hydrogen) atoms. The van der Waals surface area contributed by atoms with Gasteiger partial charge in [0.05, 0.1) is 12.6 Å². The summed E-state index contributed by atoms with van der Waals surface area (Å²) in [5, 5.41) is 20.0. The Kier molecular flexibility index (Phi) is 2.52. The molecule has 1 atom stereocenters. The number of aliphatic hydroxyl groups excluding tert-OH is 1. The lowest BCUT2D eigenvalue weighted by Gasteiger charge is -2.15. The van der Waals surface area contributed by atoms with Crippen LogP contribution >= 0.6 is 0 Å². The molecule has 6 heteroatoms. The third-order valence-corrected chi connectivity index (χ3v) is 3.69. The van der Waals surface area contributed by atoms with Gasteiger partial charge in [0.2, 0.25) is 0 Å². The molecule has 104 valence electrons. The van der Waals surface area contributed by atoms with Crippen LogP contribution in [0.15, 0.2) is 36.7 Å². The average Bonchev–Trinajstić information content (AvgIpc) is 3.00. The van der Waals surface area contributed by atoms with E-state index in [0.717, 1.165) is 27.6 Å². The summed E-state index contributed by atoms with van der Waals surface area (Å²) in [4.78, 5) is 16.4. The zero-order valence-corrected chi connectivity index (χ0v) is 11.0. The number of fused-ring (bicyclic) bond motifs is 3. The minimum absolute atomic E-state index is 0.194. The summed E-state index contributed by atoms with van der Waals surface area (Å²) in [5.74, 6) is -0.287. The van der Waals surface area contributed by atoms with Crippen LogP contribution in [0.25, 0.3) is 22.0 Å². The van der Waals surface area contributed by atoms with Crippen LogP contribution in [-0.2, 0) is 0 Å². The third-order valence-electron chi connectivity index (χ3n) is 3.69. The summed E-state index contributed by atoms with van der Waals surface area (Å²) in [6.07, 6.45) is 3.27. The van der Waals surface area contributed by atoms with Crippen molar-refractivity contribution in [3.05, 3.63) is 47.9 Å². The number of H-pyrrole nitrogens is 1. The normalized spacial score (nSPS) is 13.2. The number of nitrogens with one attached hydrogen (secondary N) is 2. The summed E-state index contributed by atoms with van der Waals surface area (Å²) in [6, 6.07) is 7.06. The monoisotopic (exact) mass is 280 g/mol. The highest BCUT2D eigenvalue weighted by Crippen LogP contribution is 2.42. The van der Waals surface area contributed by atoms with Crippen LogP contribution in [-0.4, -0.2) is 32.8 Å². The van der Waals surface area contributed by atoms with Crippen LogP contribution in [0.1, 0.15) is 22.1 Å². The smallest absolute Gasteiger partial charge is 0.270 e. The number of amides is 1. The fourth-order valence-electron chi connectivity index (χ4n) is 2.52. The van der Waals surface area contributed by atoms with Crippen molar-refractivity contribution in [3.63, 3.8) is 0 Å². The van der Waals surface area contributed by atoms with E-state index in [1.165, 1.54) is 0 Å². The molecule has 0 bridgehead atoms. The van der Waals surface area contributed by atoms with Crippen LogP contribution in [0.4, 0.5) is 0 Å². The van der Waals surface area contributed by atoms with E-state index in [-0.39, 0.29) is 12.5 Å². The van der Waals surface area contributed by atoms with E-state index in [9.17, 15) is 9.90 Å². The van der Waals surface area contributed by atoms with E-state index in [1.54, 1.807) is 18.5 Å². The van der Waals surface area contributed by atoms with Crippen molar-refractivity contribution < 1.29 is 9.90 Å². The van der Waals surface area contributed by atoms with E-state index >= 15 is 0 Å². The predicted molar refractivity (Wildman–Crippen MR) is 76.6 cm³/mol. The van der Waals surface area contributed by atoms with Gasteiger partial charge in [-0.15, -0.1) is 0 Å². The highest BCUT2D eigenvalue weighted by atomic mass is 16.3. The van der Waals surface area contributed by atoms with Crippen LogP contribution in [0, 0.1) is 0 Å². The molecule has 6 nitrogen and oxygen atoms in total. The van der Waals surface area contributed by atoms with Gasteiger partial charge in [0.15, 0.2) is 0 Å². The first-order valence-corrected chi connectivity index (χ1v) is 6.62. The van der Waals surface area contributed by atoms with Gasteiger partial charge in [-0.3, -0.25) is 14.9 Å². The van der Waals surface area contributed by atoms with Crippen LogP contribution in [0.3, 0.4) is 0 Å². The number of aromatic amines is 1. The van der Waals surface area contributed by atoms with Crippen molar-refractivity contribution in [3.8, 4) is 11.1 Å². The number of pyridine rings is 1. The Bertz CT molecular complexity index is 842. The number of carbonyl (C=O) groups is 1. The minimum Gasteiger partial charge on any atom is -0.394 e. The number of aromatic nitrogens is 3. The number of hydrogen-bond donors (Lipinski definition) is 3. The fraction of sp³-hybridized carbons (Fsp3) is 0.133. The Morgan fingerprint density at radius 3 is 3.10 bits per heavy atom. The van der Waals surface area contributed by atoms with Crippen molar-refractivity contribution in [2.75, 3.05) is 6.61 Å². The molecular formula is C15H12N4O2. The molecule has 2 aromatic heterocycles. The lowest BCUT2D eigenvalue weighted by atomic mass is 10.1. The fourth-order valence-corrected chi connectivity index (χ4v) is 2.52. The molecule has 0 fully saturated rings. The SMILES string of the molecule is O=C(NC(CO)c1cccnc1)c1[nH]nc2c3cc-3cc12. The number of hydrogen-bond acceptors (Lipinski definition) is 4. The van der Waals surface area contributed by atoms with Crippen molar-refractivity contribution in [1.29, 1.82) is 0 Å². The number of carbonyl (C=O) groups excluding carboxylic acids is 1. The summed E-state index contributed by atoms with van der Waals surface area (Å²) < 4.78 is 0. The van der Waals surface area contributed by atoms with Crippen LogP contribution < -0.4 is 5.32 Å². The van der Waals surface area contributed by atoms with E-state index in [0.29, 0.717) is 5.69 Å². The maximum Gasteiger partial charge on any atom is 0.270 e. The molecule has 0 spiro atoms. The maximum absolute atomic E-state index is 12.4. The number of nitrogens with zero attached hydrogens (tertiary/aromatic N) is 2. The zero-order valence-electron chi connectivity index (χ0n) is 11.0. The largest absolute Gasteiger partial charge is 0.394 e. The molecule has 2 aliphatic carbocycles. The van der Waals surface area contributed by atoms with Gasteiger partial charge in [0, 0.05) is 23.3 Å². The predicted octanol–water partition coefficient (Wildman–Crippen LogP) is 1.40. The topological polar surface area (TPSA) is 90.9 Å². The first kappa shape index (κ1) is 12.0. The highest BCUT2D eigenvalue weighted by Gasteiger charge is 2.25. The number of aliphatic hydroxyl groups is 1. The molecule has 1 unspecified atom stereocenters. The van der Waals surface area contributed by atoms with Gasteiger partial charge in [-0.25, -0.2) is 0 Å². The van der Waals surface area contributed by atoms with Gasteiger partial charge in [-0.05, 0) is 29.3 Å². The Hall–Kier alpha value is -2.73. The molecule has 2 heterocycles. The van der Waals surface area contributed by atoms with E-state index in [1.807, 2.05) is 18.2 Å². The van der Waals surface area contributed by atoms with Gasteiger partial charge >= 0.3 is 0 Å². The van der Waals surface area contributed by atoms with Gasteiger partial charge in [-0.2, -0.15) is 5.10 Å². The summed E-state index contributed by atoms with van der Waals surface area (Å²) in [5.41, 5.74) is 4.26. The van der Waals surface area contributed by atoms with E-state index in [4.69, 9.17) is 0 Å². The van der Waals surface area contributed by atoms with E-state index in [2.05, 4.69) is 20.5 Å². The third kappa shape index (κ3) is 1.88. The van der Waals surface area contributed by atoms with E-state index < -0.39 is 6.04 Å². The lowest BCUT2D eigenvalue weighted by Crippen LogP contribution is -2.31. The average molecular weight is 280 g/mol. The zero-order chi connectivity index (χ0) is 14.4. The second-order valence-corrected chi connectivity index (χ2v) is 5.01. The Balaban J connectivity index is 1.61.